The van der Waals surface area contributed by atoms with Crippen LogP contribution in [0.15, 0.2) is 91.5 Å². The fourth-order valence-corrected chi connectivity index (χ4v) is 2.98. The molecule has 3 heteroatoms. The Hall–Kier alpha value is -3.17. The van der Waals surface area contributed by atoms with Crippen molar-refractivity contribution in [2.24, 2.45) is 5.84 Å². The second-order valence-electron chi connectivity index (χ2n) is 6.22. The summed E-state index contributed by atoms with van der Waals surface area (Å²) in [6, 6.07) is 27.5. The van der Waals surface area contributed by atoms with Gasteiger partial charge in [-0.2, -0.15) is 0 Å². The van der Waals surface area contributed by atoms with Gasteiger partial charge in [-0.25, -0.2) is 5.84 Å². The Labute approximate surface area is 154 Å². The van der Waals surface area contributed by atoms with Crippen molar-refractivity contribution < 1.29 is 4.79 Å². The van der Waals surface area contributed by atoms with E-state index in [0.29, 0.717) is 12.0 Å². The van der Waals surface area contributed by atoms with E-state index in [0.717, 1.165) is 28.7 Å². The van der Waals surface area contributed by atoms with Gasteiger partial charge >= 0.3 is 0 Å². The summed E-state index contributed by atoms with van der Waals surface area (Å²) < 4.78 is 0. The lowest BCUT2D eigenvalue weighted by Gasteiger charge is -2.30. The molecular weight excluding hydrogens is 320 g/mol. The fraction of sp³-hybridized carbons (Fsp3) is 0.0870. The molecule has 0 aliphatic heterocycles. The van der Waals surface area contributed by atoms with Crippen molar-refractivity contribution in [3.63, 3.8) is 0 Å². The van der Waals surface area contributed by atoms with Crippen LogP contribution in [0.1, 0.15) is 33.9 Å². The summed E-state index contributed by atoms with van der Waals surface area (Å²) in [4.78, 5) is 10.9. The minimum atomic E-state index is -0.0639. The monoisotopic (exact) mass is 342 g/mol. The molecule has 0 spiro atoms. The molecule has 2 N–H and O–H groups in total. The first-order valence-electron chi connectivity index (χ1n) is 8.56. The largest absolute Gasteiger partial charge is 0.303 e. The minimum absolute atomic E-state index is 0.0639. The van der Waals surface area contributed by atoms with Crippen molar-refractivity contribution in [1.82, 2.24) is 0 Å². The number of rotatable bonds is 7. The zero-order valence-electron chi connectivity index (χ0n) is 14.6. The molecule has 130 valence electrons. The van der Waals surface area contributed by atoms with E-state index in [9.17, 15) is 4.79 Å². The van der Waals surface area contributed by atoms with Crippen LogP contribution in [0.5, 0.6) is 0 Å². The van der Waals surface area contributed by atoms with Crippen LogP contribution in [-0.2, 0) is 0 Å². The van der Waals surface area contributed by atoms with E-state index in [1.165, 1.54) is 0 Å². The van der Waals surface area contributed by atoms with Crippen LogP contribution >= 0.6 is 0 Å². The highest BCUT2D eigenvalue weighted by molar-refractivity contribution is 5.75. The Morgan fingerprint density at radius 2 is 1.50 bits per heavy atom. The minimum Gasteiger partial charge on any atom is -0.303 e. The number of benzene rings is 3. The van der Waals surface area contributed by atoms with Gasteiger partial charge in [-0.3, -0.25) is 4.79 Å². The molecule has 0 radical (unpaired) electrons. The molecule has 3 nitrogen and oxygen atoms in total. The Morgan fingerprint density at radius 1 is 0.923 bits per heavy atom. The number of carbonyl (C=O) groups is 1. The molecule has 3 aromatic carbocycles. The number of hydrogen-bond donors (Lipinski definition) is 1. The van der Waals surface area contributed by atoms with Gasteiger partial charge in [-0.15, -0.1) is 0 Å². The van der Waals surface area contributed by atoms with E-state index in [1.54, 1.807) is 17.1 Å². The normalized spacial score (nSPS) is 11.6. The summed E-state index contributed by atoms with van der Waals surface area (Å²) in [6.45, 7) is 4.27. The van der Waals surface area contributed by atoms with Gasteiger partial charge in [0.15, 0.2) is 0 Å². The molecule has 0 heterocycles. The highest BCUT2D eigenvalue weighted by atomic mass is 16.1. The first-order chi connectivity index (χ1) is 12.7. The van der Waals surface area contributed by atoms with Gasteiger partial charge < -0.3 is 5.01 Å². The highest BCUT2D eigenvalue weighted by Gasteiger charge is 2.20. The summed E-state index contributed by atoms with van der Waals surface area (Å²) in [5.74, 6) is 6.49. The quantitative estimate of drug-likeness (QED) is 0.372. The van der Waals surface area contributed by atoms with Gasteiger partial charge in [0.2, 0.25) is 0 Å². The molecule has 0 fully saturated rings. The maximum atomic E-state index is 10.9. The average Bonchev–Trinajstić information content (AvgIpc) is 2.72. The Balaban J connectivity index is 1.90. The molecular formula is C23H22N2O. The van der Waals surface area contributed by atoms with Gasteiger partial charge in [-0.05, 0) is 47.4 Å². The Bertz CT molecular complexity index is 858. The molecule has 0 aliphatic carbocycles. The van der Waals surface area contributed by atoms with E-state index in [2.05, 4.69) is 30.8 Å². The molecule has 26 heavy (non-hydrogen) atoms. The second kappa shape index (κ2) is 8.28. The second-order valence-corrected chi connectivity index (χ2v) is 6.22. The van der Waals surface area contributed by atoms with E-state index in [-0.39, 0.29) is 6.04 Å². The predicted molar refractivity (Wildman–Crippen MR) is 108 cm³/mol. The summed E-state index contributed by atoms with van der Waals surface area (Å²) in [5.41, 5.74) is 4.74. The number of carbonyl (C=O) groups excluding carboxylic acids is 1. The Morgan fingerprint density at radius 3 is 2.08 bits per heavy atom. The van der Waals surface area contributed by atoms with Gasteiger partial charge in [0.25, 0.3) is 0 Å². The first-order valence-corrected chi connectivity index (χ1v) is 8.56. The van der Waals surface area contributed by atoms with Crippen LogP contribution < -0.4 is 10.9 Å². The number of anilines is 1. The molecule has 0 aromatic heterocycles. The zero-order chi connectivity index (χ0) is 18.4. The lowest BCUT2D eigenvalue weighted by Crippen LogP contribution is -2.35. The Kier molecular flexibility index (Phi) is 5.62. The lowest BCUT2D eigenvalue weighted by atomic mass is 9.94. The standard InChI is InChI=1S/C23H22N2O/c1-18(20-8-4-2-5-9-20)16-23(21-10-6-3-7-11-21)25(24)22-14-12-19(17-26)13-15-22/h2-15,17,23H,1,16,24H2. The smallest absolute Gasteiger partial charge is 0.150 e. The molecule has 0 amide bonds. The molecule has 3 rings (SSSR count). The maximum Gasteiger partial charge on any atom is 0.150 e. The predicted octanol–water partition coefficient (Wildman–Crippen LogP) is 5.02. The van der Waals surface area contributed by atoms with Crippen LogP contribution in [0.3, 0.4) is 0 Å². The summed E-state index contributed by atoms with van der Waals surface area (Å²) in [6.07, 6.45) is 1.52. The van der Waals surface area contributed by atoms with Crippen molar-refractivity contribution in [2.45, 2.75) is 12.5 Å². The van der Waals surface area contributed by atoms with E-state index in [1.807, 2.05) is 48.5 Å². The zero-order valence-corrected chi connectivity index (χ0v) is 14.6. The summed E-state index contributed by atoms with van der Waals surface area (Å²) in [5, 5.41) is 1.75. The molecule has 0 saturated heterocycles. The molecule has 1 atom stereocenters. The van der Waals surface area contributed by atoms with Crippen LogP contribution in [0.2, 0.25) is 0 Å². The number of hydrogen-bond acceptors (Lipinski definition) is 3. The van der Waals surface area contributed by atoms with Crippen LogP contribution in [0.25, 0.3) is 5.57 Å². The first kappa shape index (κ1) is 17.6. The molecule has 3 aromatic rings. The van der Waals surface area contributed by atoms with E-state index in [4.69, 9.17) is 5.84 Å². The maximum absolute atomic E-state index is 10.9. The SMILES string of the molecule is C=C(CC(c1ccccc1)N(N)c1ccc(C=O)cc1)c1ccccc1. The third-order valence-corrected chi connectivity index (χ3v) is 4.47. The van der Waals surface area contributed by atoms with Gasteiger partial charge in [0.05, 0.1) is 11.7 Å². The van der Waals surface area contributed by atoms with Crippen molar-refractivity contribution in [2.75, 3.05) is 5.01 Å². The van der Waals surface area contributed by atoms with Gasteiger partial charge in [-0.1, -0.05) is 67.2 Å². The van der Waals surface area contributed by atoms with Crippen LogP contribution in [0, 0.1) is 0 Å². The molecule has 0 aliphatic rings. The number of nitrogens with zero attached hydrogens (tertiary/aromatic N) is 1. The van der Waals surface area contributed by atoms with Crippen molar-refractivity contribution >= 4 is 17.5 Å². The van der Waals surface area contributed by atoms with Crippen molar-refractivity contribution in [3.8, 4) is 0 Å². The topological polar surface area (TPSA) is 46.3 Å². The number of hydrazine groups is 1. The number of aldehydes is 1. The van der Waals surface area contributed by atoms with Gasteiger partial charge in [0.1, 0.15) is 6.29 Å². The molecule has 0 saturated carbocycles. The summed E-state index contributed by atoms with van der Waals surface area (Å²) >= 11 is 0. The highest BCUT2D eigenvalue weighted by Crippen LogP contribution is 2.32. The number of nitrogens with two attached hydrogens (primary N) is 1. The van der Waals surface area contributed by atoms with E-state index < -0.39 is 0 Å². The van der Waals surface area contributed by atoms with E-state index >= 15 is 0 Å². The third-order valence-electron chi connectivity index (χ3n) is 4.47. The average molecular weight is 342 g/mol. The van der Waals surface area contributed by atoms with Crippen molar-refractivity contribution in [3.05, 3.63) is 108 Å². The summed E-state index contributed by atoms with van der Waals surface area (Å²) in [7, 11) is 0. The molecule has 0 bridgehead atoms. The third kappa shape index (κ3) is 4.08. The van der Waals surface area contributed by atoms with Crippen LogP contribution in [0.4, 0.5) is 5.69 Å². The fourth-order valence-electron chi connectivity index (χ4n) is 2.98. The lowest BCUT2D eigenvalue weighted by molar-refractivity contribution is 0.112. The molecule has 1 unspecified atom stereocenters. The van der Waals surface area contributed by atoms with Crippen molar-refractivity contribution in [1.29, 1.82) is 0 Å². The van der Waals surface area contributed by atoms with Crippen LogP contribution in [-0.4, -0.2) is 6.29 Å². The van der Waals surface area contributed by atoms with Gasteiger partial charge in [0, 0.05) is 5.56 Å².